The lowest BCUT2D eigenvalue weighted by molar-refractivity contribution is -0.152. The molecule has 0 bridgehead atoms. The Bertz CT molecular complexity index is 1040. The van der Waals surface area contributed by atoms with Crippen LogP contribution in [0.25, 0.3) is 16.4 Å². The molecule has 0 saturated heterocycles. The lowest BCUT2D eigenvalue weighted by Crippen LogP contribution is -2.52. The van der Waals surface area contributed by atoms with E-state index in [1.54, 1.807) is 20.0 Å². The van der Waals surface area contributed by atoms with E-state index in [4.69, 9.17) is 10.3 Å². The number of amides is 2. The van der Waals surface area contributed by atoms with Crippen molar-refractivity contribution >= 4 is 40.7 Å². The Balaban J connectivity index is 2.20. The van der Waals surface area contributed by atoms with Crippen LogP contribution in [0.4, 0.5) is 0 Å². The van der Waals surface area contributed by atoms with Crippen molar-refractivity contribution in [3.05, 3.63) is 41.6 Å². The SMILES string of the molecule is CC(=O)N[C@H](Cc1c[nH]c2ccccc12)C(=O)N[C@H](CCC(=O)C=[N+]=[N-])C(=O)OC(C)C. The average Bonchev–Trinajstić information content (AvgIpc) is 3.12. The van der Waals surface area contributed by atoms with Gasteiger partial charge >= 0.3 is 12.2 Å². The van der Waals surface area contributed by atoms with Gasteiger partial charge in [0.2, 0.25) is 17.6 Å². The number of aromatic nitrogens is 1. The van der Waals surface area contributed by atoms with E-state index in [1.165, 1.54) is 6.92 Å². The molecule has 0 radical (unpaired) electrons. The van der Waals surface area contributed by atoms with Crippen LogP contribution in [0.15, 0.2) is 30.5 Å². The van der Waals surface area contributed by atoms with E-state index in [0.717, 1.165) is 22.7 Å². The van der Waals surface area contributed by atoms with Gasteiger partial charge in [0.1, 0.15) is 12.1 Å². The monoisotopic (exact) mass is 441 g/mol. The molecule has 0 fully saturated rings. The number of carbonyl (C=O) groups excluding carboxylic acids is 4. The second-order valence-electron chi connectivity index (χ2n) is 7.61. The fourth-order valence-corrected chi connectivity index (χ4v) is 3.23. The number of hydrogen-bond donors (Lipinski definition) is 3. The number of hydrogen-bond acceptors (Lipinski definition) is 5. The van der Waals surface area contributed by atoms with Crippen molar-refractivity contribution in [2.75, 3.05) is 0 Å². The summed E-state index contributed by atoms with van der Waals surface area (Å²) in [5.41, 5.74) is 10.2. The van der Waals surface area contributed by atoms with Gasteiger partial charge in [0.25, 0.3) is 0 Å². The average molecular weight is 441 g/mol. The van der Waals surface area contributed by atoms with Gasteiger partial charge in [-0.3, -0.25) is 14.4 Å². The molecule has 0 aliphatic heterocycles. The summed E-state index contributed by atoms with van der Waals surface area (Å²) in [4.78, 5) is 54.7. The number of ketones is 1. The molecule has 1 aromatic heterocycles. The van der Waals surface area contributed by atoms with Crippen LogP contribution >= 0.6 is 0 Å². The Morgan fingerprint density at radius 2 is 1.88 bits per heavy atom. The van der Waals surface area contributed by atoms with E-state index >= 15 is 0 Å². The van der Waals surface area contributed by atoms with Crippen LogP contribution in [0.3, 0.4) is 0 Å². The van der Waals surface area contributed by atoms with Gasteiger partial charge in [-0.1, -0.05) is 18.2 Å². The highest BCUT2D eigenvalue weighted by Crippen LogP contribution is 2.19. The summed E-state index contributed by atoms with van der Waals surface area (Å²) >= 11 is 0. The summed E-state index contributed by atoms with van der Waals surface area (Å²) in [5.74, 6) is -2.20. The van der Waals surface area contributed by atoms with Crippen LogP contribution in [-0.4, -0.2) is 57.7 Å². The van der Waals surface area contributed by atoms with E-state index in [1.807, 2.05) is 24.3 Å². The predicted molar refractivity (Wildman–Crippen MR) is 117 cm³/mol. The number of benzene rings is 1. The van der Waals surface area contributed by atoms with E-state index in [0.29, 0.717) is 0 Å². The summed E-state index contributed by atoms with van der Waals surface area (Å²) in [5, 5.41) is 6.12. The van der Waals surface area contributed by atoms with Crippen LogP contribution in [0, 0.1) is 0 Å². The zero-order valence-electron chi connectivity index (χ0n) is 18.3. The Labute approximate surface area is 185 Å². The summed E-state index contributed by atoms with van der Waals surface area (Å²) in [6.07, 6.45) is 2.07. The summed E-state index contributed by atoms with van der Waals surface area (Å²) in [6.45, 7) is 4.63. The van der Waals surface area contributed by atoms with Crippen LogP contribution in [0.2, 0.25) is 0 Å². The molecule has 170 valence electrons. The van der Waals surface area contributed by atoms with Gasteiger partial charge in [-0.05, 0) is 31.9 Å². The summed E-state index contributed by atoms with van der Waals surface area (Å²) in [6, 6.07) is 5.50. The number of para-hydroxylation sites is 1. The fourth-order valence-electron chi connectivity index (χ4n) is 3.23. The molecule has 0 unspecified atom stereocenters. The molecular weight excluding hydrogens is 414 g/mol. The molecule has 0 aliphatic carbocycles. The maximum Gasteiger partial charge on any atom is 0.328 e. The van der Waals surface area contributed by atoms with Crippen molar-refractivity contribution < 1.29 is 28.7 Å². The minimum atomic E-state index is -1.11. The molecule has 0 spiro atoms. The lowest BCUT2D eigenvalue weighted by Gasteiger charge is -2.23. The maximum atomic E-state index is 13.0. The molecular formula is C22H27N5O5. The van der Waals surface area contributed by atoms with Gasteiger partial charge in [-0.25, -0.2) is 4.79 Å². The number of fused-ring (bicyclic) bond motifs is 1. The standard InChI is InChI=1S/C22H27N5O5/c1-13(2)32-22(31)19(9-8-16(29)12-25-23)27-21(30)20(26-14(3)28)10-15-11-24-18-7-5-4-6-17(15)18/h4-7,11-13,19-20,24H,8-10H2,1-3H3,(H,26,28)(H,27,30)/t19-,20-/m1/s1. The first-order valence-corrected chi connectivity index (χ1v) is 10.2. The normalized spacial score (nSPS) is 12.5. The molecule has 2 rings (SSSR count). The van der Waals surface area contributed by atoms with Crippen molar-refractivity contribution in [3.8, 4) is 0 Å². The molecule has 32 heavy (non-hydrogen) atoms. The largest absolute Gasteiger partial charge is 0.461 e. The molecule has 2 atom stereocenters. The number of carbonyl (C=O) groups is 4. The van der Waals surface area contributed by atoms with E-state index in [9.17, 15) is 19.2 Å². The first-order valence-electron chi connectivity index (χ1n) is 10.2. The van der Waals surface area contributed by atoms with Crippen LogP contribution in [0.5, 0.6) is 0 Å². The zero-order chi connectivity index (χ0) is 23.7. The molecule has 0 saturated carbocycles. The van der Waals surface area contributed by atoms with Gasteiger partial charge in [-0.2, -0.15) is 4.79 Å². The van der Waals surface area contributed by atoms with E-state index in [-0.39, 0.29) is 19.3 Å². The highest BCUT2D eigenvalue weighted by atomic mass is 16.5. The van der Waals surface area contributed by atoms with Crippen molar-refractivity contribution in [1.29, 1.82) is 0 Å². The predicted octanol–water partition coefficient (Wildman–Crippen LogP) is 1.30. The second kappa shape index (κ2) is 11.6. The van der Waals surface area contributed by atoms with Gasteiger partial charge in [0.05, 0.1) is 6.10 Å². The Morgan fingerprint density at radius 3 is 2.53 bits per heavy atom. The number of H-pyrrole nitrogens is 1. The van der Waals surface area contributed by atoms with Crippen LogP contribution in [-0.2, 0) is 30.3 Å². The van der Waals surface area contributed by atoms with Crippen molar-refractivity contribution in [2.24, 2.45) is 0 Å². The third-order valence-corrected chi connectivity index (χ3v) is 4.63. The number of ether oxygens (including phenoxy) is 1. The van der Waals surface area contributed by atoms with Crippen LogP contribution < -0.4 is 10.6 Å². The van der Waals surface area contributed by atoms with Crippen molar-refractivity contribution in [1.82, 2.24) is 15.6 Å². The van der Waals surface area contributed by atoms with Gasteiger partial charge in [0.15, 0.2) is 0 Å². The Kier molecular flexibility index (Phi) is 8.85. The molecule has 3 N–H and O–H groups in total. The topological polar surface area (TPSA) is 154 Å². The molecule has 1 heterocycles. The first kappa shape index (κ1) is 24.5. The number of aromatic amines is 1. The van der Waals surface area contributed by atoms with E-state index < -0.39 is 41.8 Å². The maximum absolute atomic E-state index is 13.0. The highest BCUT2D eigenvalue weighted by Gasteiger charge is 2.29. The number of nitrogens with one attached hydrogen (secondary N) is 3. The van der Waals surface area contributed by atoms with Crippen LogP contribution in [0.1, 0.15) is 39.2 Å². The van der Waals surface area contributed by atoms with Gasteiger partial charge in [0, 0.05) is 36.9 Å². The lowest BCUT2D eigenvalue weighted by atomic mass is 10.0. The summed E-state index contributed by atoms with van der Waals surface area (Å²) < 4.78 is 5.19. The zero-order valence-corrected chi connectivity index (χ0v) is 18.3. The molecule has 1 aromatic carbocycles. The molecule has 10 heteroatoms. The third kappa shape index (κ3) is 7.17. The molecule has 2 aromatic rings. The second-order valence-corrected chi connectivity index (χ2v) is 7.61. The Morgan fingerprint density at radius 1 is 1.16 bits per heavy atom. The molecule has 0 aliphatic rings. The first-order chi connectivity index (χ1) is 15.2. The highest BCUT2D eigenvalue weighted by molar-refractivity contribution is 6.25. The number of nitrogens with zero attached hydrogens (tertiary/aromatic N) is 2. The van der Waals surface area contributed by atoms with Gasteiger partial charge < -0.3 is 25.9 Å². The van der Waals surface area contributed by atoms with Crippen molar-refractivity contribution in [3.63, 3.8) is 0 Å². The third-order valence-electron chi connectivity index (χ3n) is 4.63. The fraction of sp³-hybridized carbons (Fsp3) is 0.409. The van der Waals surface area contributed by atoms with Gasteiger partial charge in [-0.15, -0.1) is 0 Å². The quantitative estimate of drug-likeness (QED) is 0.208. The molecule has 10 nitrogen and oxygen atoms in total. The molecule has 2 amide bonds. The van der Waals surface area contributed by atoms with E-state index in [2.05, 4.69) is 20.4 Å². The smallest absolute Gasteiger partial charge is 0.328 e. The number of esters is 1. The van der Waals surface area contributed by atoms with Crippen molar-refractivity contribution in [2.45, 2.75) is 58.2 Å². The minimum absolute atomic E-state index is 0.0535. The minimum Gasteiger partial charge on any atom is -0.461 e. The number of Topliss-reactive ketones (excluding diaryl/α,β-unsaturated/α-hetero) is 1. The summed E-state index contributed by atoms with van der Waals surface area (Å²) in [7, 11) is 0. The Hall–Kier alpha value is -3.78. The number of rotatable bonds is 11.